The van der Waals surface area contributed by atoms with Crippen molar-refractivity contribution in [2.45, 2.75) is 26.0 Å². The molecule has 1 aliphatic heterocycles. The standard InChI is InChI=1S/C21H22N2O3/c1-14-20(21(24)23-16-9-10-22-12-16)18-11-17(7-8-19(18)26-14)25-13-15-5-3-2-4-6-15/h2-8,11,16,22H,9-10,12-13H2,1H3,(H,23,24). The maximum atomic E-state index is 12.7. The molecule has 5 heteroatoms. The Balaban J connectivity index is 1.57. The maximum absolute atomic E-state index is 12.7. The van der Waals surface area contributed by atoms with Crippen molar-refractivity contribution in [2.75, 3.05) is 13.1 Å². The van der Waals surface area contributed by atoms with Crippen LogP contribution < -0.4 is 15.4 Å². The van der Waals surface area contributed by atoms with Crippen LogP contribution in [0.4, 0.5) is 0 Å². The number of carbonyl (C=O) groups is 1. The molecule has 0 saturated carbocycles. The first-order valence-corrected chi connectivity index (χ1v) is 8.92. The second-order valence-corrected chi connectivity index (χ2v) is 6.63. The average Bonchev–Trinajstić information content (AvgIpc) is 3.27. The van der Waals surface area contributed by atoms with E-state index in [2.05, 4.69) is 10.6 Å². The van der Waals surface area contributed by atoms with Gasteiger partial charge in [0.05, 0.1) is 5.56 Å². The lowest BCUT2D eigenvalue weighted by Crippen LogP contribution is -2.36. The summed E-state index contributed by atoms with van der Waals surface area (Å²) in [5, 5.41) is 7.14. The topological polar surface area (TPSA) is 63.5 Å². The van der Waals surface area contributed by atoms with E-state index in [-0.39, 0.29) is 11.9 Å². The van der Waals surface area contributed by atoms with Crippen LogP contribution in [-0.2, 0) is 6.61 Å². The van der Waals surface area contributed by atoms with Gasteiger partial charge in [-0.2, -0.15) is 0 Å². The van der Waals surface area contributed by atoms with Gasteiger partial charge in [0.2, 0.25) is 0 Å². The summed E-state index contributed by atoms with van der Waals surface area (Å²) < 4.78 is 11.7. The number of carbonyl (C=O) groups excluding carboxylic acids is 1. The summed E-state index contributed by atoms with van der Waals surface area (Å²) in [4.78, 5) is 12.7. The second-order valence-electron chi connectivity index (χ2n) is 6.63. The molecule has 2 N–H and O–H groups in total. The number of nitrogens with one attached hydrogen (secondary N) is 2. The summed E-state index contributed by atoms with van der Waals surface area (Å²) in [7, 11) is 0. The van der Waals surface area contributed by atoms with E-state index in [1.165, 1.54) is 0 Å². The Morgan fingerprint density at radius 3 is 2.88 bits per heavy atom. The predicted octanol–water partition coefficient (Wildman–Crippen LogP) is 3.41. The van der Waals surface area contributed by atoms with Gasteiger partial charge in [0.25, 0.3) is 5.91 Å². The van der Waals surface area contributed by atoms with Crippen LogP contribution in [0.25, 0.3) is 11.0 Å². The highest BCUT2D eigenvalue weighted by Gasteiger charge is 2.23. The molecule has 0 bridgehead atoms. The first kappa shape index (κ1) is 16.7. The molecule has 26 heavy (non-hydrogen) atoms. The third kappa shape index (κ3) is 3.44. The molecule has 2 heterocycles. The molecule has 1 aliphatic rings. The van der Waals surface area contributed by atoms with Crippen molar-refractivity contribution in [1.29, 1.82) is 0 Å². The molecule has 0 aliphatic carbocycles. The summed E-state index contributed by atoms with van der Waals surface area (Å²) in [6.45, 7) is 4.06. The van der Waals surface area contributed by atoms with E-state index in [1.807, 2.05) is 55.5 Å². The van der Waals surface area contributed by atoms with Crippen molar-refractivity contribution in [2.24, 2.45) is 0 Å². The fraction of sp³-hybridized carbons (Fsp3) is 0.286. The Hall–Kier alpha value is -2.79. The highest BCUT2D eigenvalue weighted by atomic mass is 16.5. The molecule has 0 spiro atoms. The molecule has 1 atom stereocenters. The molecular weight excluding hydrogens is 328 g/mol. The Labute approximate surface area is 152 Å². The van der Waals surface area contributed by atoms with Crippen LogP contribution >= 0.6 is 0 Å². The number of rotatable bonds is 5. The zero-order valence-electron chi connectivity index (χ0n) is 14.7. The number of hydrogen-bond acceptors (Lipinski definition) is 4. The van der Waals surface area contributed by atoms with Crippen molar-refractivity contribution in [3.63, 3.8) is 0 Å². The zero-order valence-corrected chi connectivity index (χ0v) is 14.7. The van der Waals surface area contributed by atoms with Crippen LogP contribution in [-0.4, -0.2) is 25.0 Å². The molecule has 5 nitrogen and oxygen atoms in total. The van der Waals surface area contributed by atoms with E-state index in [1.54, 1.807) is 0 Å². The maximum Gasteiger partial charge on any atom is 0.255 e. The quantitative estimate of drug-likeness (QED) is 0.740. The van der Waals surface area contributed by atoms with Crippen LogP contribution in [0.1, 0.15) is 28.1 Å². The van der Waals surface area contributed by atoms with Crippen molar-refractivity contribution in [3.05, 3.63) is 65.4 Å². The lowest BCUT2D eigenvalue weighted by molar-refractivity contribution is 0.0940. The van der Waals surface area contributed by atoms with Crippen molar-refractivity contribution in [1.82, 2.24) is 10.6 Å². The predicted molar refractivity (Wildman–Crippen MR) is 100 cm³/mol. The van der Waals surface area contributed by atoms with Crippen LogP contribution in [0.15, 0.2) is 52.9 Å². The van der Waals surface area contributed by atoms with Gasteiger partial charge in [-0.3, -0.25) is 4.79 Å². The van der Waals surface area contributed by atoms with Crippen LogP contribution in [0.2, 0.25) is 0 Å². The summed E-state index contributed by atoms with van der Waals surface area (Å²) in [5.41, 5.74) is 2.39. The Morgan fingerprint density at radius 2 is 2.12 bits per heavy atom. The SMILES string of the molecule is Cc1oc2ccc(OCc3ccccc3)cc2c1C(=O)NC1CCNC1. The van der Waals surface area contributed by atoms with Gasteiger partial charge in [-0.15, -0.1) is 0 Å². The lowest BCUT2D eigenvalue weighted by Gasteiger charge is -2.11. The van der Waals surface area contributed by atoms with E-state index in [4.69, 9.17) is 9.15 Å². The van der Waals surface area contributed by atoms with Gasteiger partial charge in [-0.25, -0.2) is 0 Å². The second kappa shape index (κ2) is 7.22. The van der Waals surface area contributed by atoms with E-state index in [0.29, 0.717) is 23.5 Å². The number of ether oxygens (including phenoxy) is 1. The van der Waals surface area contributed by atoms with Crippen LogP contribution in [0.5, 0.6) is 5.75 Å². The summed E-state index contributed by atoms with van der Waals surface area (Å²) in [6, 6.07) is 15.8. The number of amides is 1. The fourth-order valence-corrected chi connectivity index (χ4v) is 3.35. The Morgan fingerprint density at radius 1 is 1.27 bits per heavy atom. The molecule has 4 rings (SSSR count). The Bertz CT molecular complexity index is 912. The minimum absolute atomic E-state index is 0.0878. The minimum atomic E-state index is -0.0878. The zero-order chi connectivity index (χ0) is 17.9. The van der Waals surface area contributed by atoms with Crippen LogP contribution in [0, 0.1) is 6.92 Å². The van der Waals surface area contributed by atoms with Crippen LogP contribution in [0.3, 0.4) is 0 Å². The fourth-order valence-electron chi connectivity index (χ4n) is 3.35. The minimum Gasteiger partial charge on any atom is -0.489 e. The van der Waals surface area contributed by atoms with Crippen molar-refractivity contribution >= 4 is 16.9 Å². The van der Waals surface area contributed by atoms with Gasteiger partial charge in [0.15, 0.2) is 0 Å². The Kier molecular flexibility index (Phi) is 4.63. The molecule has 1 aromatic heterocycles. The molecule has 3 aromatic rings. The normalized spacial score (nSPS) is 16.7. The monoisotopic (exact) mass is 350 g/mol. The van der Waals surface area contributed by atoms with E-state index in [0.717, 1.165) is 36.2 Å². The molecule has 2 aromatic carbocycles. The summed E-state index contributed by atoms with van der Waals surface area (Å²) in [5.74, 6) is 1.26. The summed E-state index contributed by atoms with van der Waals surface area (Å²) in [6.07, 6.45) is 0.950. The van der Waals surface area contributed by atoms with Gasteiger partial charge in [-0.1, -0.05) is 30.3 Å². The average molecular weight is 350 g/mol. The third-order valence-electron chi connectivity index (χ3n) is 4.71. The molecule has 1 amide bonds. The number of hydrogen-bond donors (Lipinski definition) is 2. The molecule has 1 saturated heterocycles. The number of fused-ring (bicyclic) bond motifs is 1. The highest BCUT2D eigenvalue weighted by Crippen LogP contribution is 2.29. The third-order valence-corrected chi connectivity index (χ3v) is 4.71. The lowest BCUT2D eigenvalue weighted by atomic mass is 10.1. The van der Waals surface area contributed by atoms with Gasteiger partial charge in [-0.05, 0) is 43.7 Å². The van der Waals surface area contributed by atoms with E-state index >= 15 is 0 Å². The number of furan rings is 1. The number of aryl methyl sites for hydroxylation is 1. The van der Waals surface area contributed by atoms with Crippen molar-refractivity contribution < 1.29 is 13.9 Å². The largest absolute Gasteiger partial charge is 0.489 e. The van der Waals surface area contributed by atoms with E-state index < -0.39 is 0 Å². The van der Waals surface area contributed by atoms with Gasteiger partial charge >= 0.3 is 0 Å². The highest BCUT2D eigenvalue weighted by molar-refractivity contribution is 6.07. The van der Waals surface area contributed by atoms with Gasteiger partial charge in [0.1, 0.15) is 23.7 Å². The van der Waals surface area contributed by atoms with E-state index in [9.17, 15) is 4.79 Å². The van der Waals surface area contributed by atoms with Gasteiger partial charge < -0.3 is 19.8 Å². The molecular formula is C21H22N2O3. The molecule has 0 radical (unpaired) electrons. The smallest absolute Gasteiger partial charge is 0.255 e. The molecule has 1 unspecified atom stereocenters. The van der Waals surface area contributed by atoms with Crippen molar-refractivity contribution in [3.8, 4) is 5.75 Å². The molecule has 1 fully saturated rings. The van der Waals surface area contributed by atoms with Gasteiger partial charge in [0, 0.05) is 18.0 Å². The molecule has 134 valence electrons. The summed E-state index contributed by atoms with van der Waals surface area (Å²) >= 11 is 0. The number of benzene rings is 2. The first-order chi connectivity index (χ1) is 12.7. The first-order valence-electron chi connectivity index (χ1n) is 8.92.